The van der Waals surface area contributed by atoms with Gasteiger partial charge in [0.1, 0.15) is 5.69 Å². The summed E-state index contributed by atoms with van der Waals surface area (Å²) < 4.78 is 1.60. The Labute approximate surface area is 127 Å². The maximum atomic E-state index is 11.3. The Hall–Kier alpha value is -0.890. The van der Waals surface area contributed by atoms with Crippen molar-refractivity contribution in [2.75, 3.05) is 29.1 Å². The van der Waals surface area contributed by atoms with Crippen LogP contribution in [-0.2, 0) is 13.5 Å². The van der Waals surface area contributed by atoms with Crippen LogP contribution in [0.25, 0.3) is 0 Å². The Morgan fingerprint density at radius 2 is 2.35 bits per heavy atom. The molecule has 1 aromatic rings. The van der Waals surface area contributed by atoms with Crippen molar-refractivity contribution in [3.63, 3.8) is 0 Å². The number of aryl methyl sites for hydroxylation is 2. The molecule has 1 aliphatic heterocycles. The van der Waals surface area contributed by atoms with E-state index in [2.05, 4.69) is 10.4 Å². The van der Waals surface area contributed by atoms with Crippen LogP contribution in [0, 0.1) is 10.1 Å². The molecule has 0 bridgehead atoms. The molecule has 1 aromatic heterocycles. The average molecular weight is 316 g/mol. The van der Waals surface area contributed by atoms with Crippen molar-refractivity contribution < 1.29 is 4.92 Å². The maximum Gasteiger partial charge on any atom is 0.333 e. The highest BCUT2D eigenvalue weighted by molar-refractivity contribution is 8.06. The minimum absolute atomic E-state index is 0.141. The van der Waals surface area contributed by atoms with E-state index in [1.54, 1.807) is 11.7 Å². The Morgan fingerprint density at radius 1 is 1.55 bits per heavy atom. The number of nitrogens with zero attached hydrogens (tertiary/aromatic N) is 3. The molecule has 1 fully saturated rings. The van der Waals surface area contributed by atoms with Crippen molar-refractivity contribution >= 4 is 35.0 Å². The normalized spacial score (nSPS) is 19.0. The molecule has 1 aliphatic rings. The monoisotopic (exact) mass is 316 g/mol. The molecule has 1 saturated heterocycles. The Kier molecular flexibility index (Phi) is 5.59. The number of hydrogen-bond acceptors (Lipinski definition) is 6. The number of rotatable bonds is 6. The smallest absolute Gasteiger partial charge is 0.333 e. The zero-order valence-electron chi connectivity index (χ0n) is 11.8. The highest BCUT2D eigenvalue weighted by Gasteiger charge is 2.26. The molecule has 0 saturated carbocycles. The summed E-state index contributed by atoms with van der Waals surface area (Å²) in [6.07, 6.45) is 1.49. The topological polar surface area (TPSA) is 73.0 Å². The zero-order valence-corrected chi connectivity index (χ0v) is 13.4. The summed E-state index contributed by atoms with van der Waals surface area (Å²) in [5.74, 6) is 4.00. The van der Waals surface area contributed by atoms with Crippen molar-refractivity contribution in [2.24, 2.45) is 7.05 Å². The predicted molar refractivity (Wildman–Crippen MR) is 85.9 cm³/mol. The first-order valence-corrected chi connectivity index (χ1v) is 8.97. The molecular weight excluding hydrogens is 296 g/mol. The lowest BCUT2D eigenvalue weighted by Crippen LogP contribution is -2.24. The second-order valence-corrected chi connectivity index (χ2v) is 7.28. The Morgan fingerprint density at radius 3 is 2.95 bits per heavy atom. The summed E-state index contributed by atoms with van der Waals surface area (Å²) in [5.41, 5.74) is 0.719. The van der Waals surface area contributed by atoms with Gasteiger partial charge in [0, 0.05) is 36.1 Å². The maximum absolute atomic E-state index is 11.3. The minimum Gasteiger partial charge on any atom is -0.363 e. The van der Waals surface area contributed by atoms with E-state index >= 15 is 0 Å². The van der Waals surface area contributed by atoms with E-state index in [9.17, 15) is 10.1 Å². The van der Waals surface area contributed by atoms with Gasteiger partial charge in [0.15, 0.2) is 0 Å². The second-order valence-electron chi connectivity index (χ2n) is 4.72. The van der Waals surface area contributed by atoms with Crippen molar-refractivity contribution in [3.8, 4) is 0 Å². The third-order valence-corrected chi connectivity index (χ3v) is 5.99. The summed E-state index contributed by atoms with van der Waals surface area (Å²) in [7, 11) is 1.76. The van der Waals surface area contributed by atoms with Crippen molar-refractivity contribution in [2.45, 2.75) is 25.0 Å². The molecule has 0 radical (unpaired) electrons. The molecule has 8 heteroatoms. The van der Waals surface area contributed by atoms with Gasteiger partial charge in [-0.15, -0.1) is 0 Å². The molecule has 0 aliphatic carbocycles. The summed E-state index contributed by atoms with van der Waals surface area (Å²) in [5, 5.41) is 19.3. The van der Waals surface area contributed by atoms with E-state index in [0.29, 0.717) is 23.2 Å². The van der Waals surface area contributed by atoms with Crippen molar-refractivity contribution in [1.29, 1.82) is 0 Å². The van der Waals surface area contributed by atoms with E-state index in [-0.39, 0.29) is 10.6 Å². The third-order valence-electron chi connectivity index (χ3n) is 3.14. The highest BCUT2D eigenvalue weighted by Crippen LogP contribution is 2.30. The van der Waals surface area contributed by atoms with E-state index < -0.39 is 0 Å². The summed E-state index contributed by atoms with van der Waals surface area (Å²) in [4.78, 5) is 11.0. The summed E-state index contributed by atoms with van der Waals surface area (Å²) in [6.45, 7) is 2.75. The van der Waals surface area contributed by atoms with Gasteiger partial charge in [-0.2, -0.15) is 28.6 Å². The van der Waals surface area contributed by atoms with Gasteiger partial charge in [-0.1, -0.05) is 13.3 Å². The van der Waals surface area contributed by atoms with Crippen LogP contribution in [0.2, 0.25) is 0 Å². The second kappa shape index (κ2) is 7.21. The lowest BCUT2D eigenvalue weighted by atomic mass is 10.2. The molecule has 1 unspecified atom stereocenters. The number of aromatic nitrogens is 2. The largest absolute Gasteiger partial charge is 0.363 e. The van der Waals surface area contributed by atoms with Crippen LogP contribution in [0.4, 0.5) is 11.5 Å². The Balaban J connectivity index is 2.11. The van der Waals surface area contributed by atoms with Crippen LogP contribution in [-0.4, -0.2) is 43.8 Å². The number of nitro groups is 1. The minimum atomic E-state index is -0.316. The van der Waals surface area contributed by atoms with Crippen LogP contribution in [0.3, 0.4) is 0 Å². The predicted octanol–water partition coefficient (Wildman–Crippen LogP) is 2.54. The molecule has 6 nitrogen and oxygen atoms in total. The SMILES string of the molecule is CCCc1nn(C)c(NCC2CSCCS2)c1[N+](=O)[O-]. The molecule has 0 amide bonds. The summed E-state index contributed by atoms with van der Waals surface area (Å²) in [6, 6.07) is 0. The molecule has 1 N–H and O–H groups in total. The number of nitrogens with one attached hydrogen (secondary N) is 1. The van der Waals surface area contributed by atoms with Gasteiger partial charge in [0.25, 0.3) is 0 Å². The van der Waals surface area contributed by atoms with E-state index in [1.807, 2.05) is 30.4 Å². The van der Waals surface area contributed by atoms with Gasteiger partial charge < -0.3 is 5.32 Å². The number of anilines is 1. The van der Waals surface area contributed by atoms with Gasteiger partial charge in [-0.05, 0) is 6.42 Å². The van der Waals surface area contributed by atoms with Crippen LogP contribution < -0.4 is 5.32 Å². The number of hydrogen-bond donors (Lipinski definition) is 1. The summed E-state index contributed by atoms with van der Waals surface area (Å²) >= 11 is 3.89. The fraction of sp³-hybridized carbons (Fsp3) is 0.750. The standard InChI is InChI=1S/C12H20N4O2S2/c1-3-4-10-11(16(17)18)12(15(2)14-10)13-7-9-8-19-5-6-20-9/h9,13H,3-8H2,1-2H3. The van der Waals surface area contributed by atoms with Crippen LogP contribution in [0.1, 0.15) is 19.0 Å². The fourth-order valence-corrected chi connectivity index (χ4v) is 4.84. The first-order valence-electron chi connectivity index (χ1n) is 6.77. The Bertz CT molecular complexity index is 472. The van der Waals surface area contributed by atoms with Crippen LogP contribution >= 0.6 is 23.5 Å². The van der Waals surface area contributed by atoms with E-state index in [1.165, 1.54) is 5.75 Å². The quantitative estimate of drug-likeness (QED) is 0.642. The van der Waals surface area contributed by atoms with Gasteiger partial charge in [0.2, 0.25) is 5.82 Å². The molecule has 0 aromatic carbocycles. The van der Waals surface area contributed by atoms with Gasteiger partial charge in [-0.25, -0.2) is 4.68 Å². The molecule has 112 valence electrons. The molecular formula is C12H20N4O2S2. The first-order chi connectivity index (χ1) is 9.63. The lowest BCUT2D eigenvalue weighted by Gasteiger charge is -2.21. The molecule has 20 heavy (non-hydrogen) atoms. The van der Waals surface area contributed by atoms with Crippen molar-refractivity contribution in [1.82, 2.24) is 9.78 Å². The van der Waals surface area contributed by atoms with Gasteiger partial charge in [0.05, 0.1) is 4.92 Å². The molecule has 2 heterocycles. The molecule has 1 atom stereocenters. The molecule has 2 rings (SSSR count). The molecule has 0 spiro atoms. The van der Waals surface area contributed by atoms with Crippen molar-refractivity contribution in [3.05, 3.63) is 15.8 Å². The lowest BCUT2D eigenvalue weighted by molar-refractivity contribution is -0.384. The van der Waals surface area contributed by atoms with Gasteiger partial charge >= 0.3 is 5.69 Å². The van der Waals surface area contributed by atoms with Crippen LogP contribution in [0.5, 0.6) is 0 Å². The average Bonchev–Trinajstić information content (AvgIpc) is 2.74. The van der Waals surface area contributed by atoms with E-state index in [4.69, 9.17) is 0 Å². The fourth-order valence-electron chi connectivity index (χ4n) is 2.23. The first kappa shape index (κ1) is 15.5. The third kappa shape index (κ3) is 3.60. The van der Waals surface area contributed by atoms with E-state index in [0.717, 1.165) is 24.5 Å². The van der Waals surface area contributed by atoms with Gasteiger partial charge in [-0.3, -0.25) is 10.1 Å². The highest BCUT2D eigenvalue weighted by atomic mass is 32.2. The zero-order chi connectivity index (χ0) is 14.5. The van der Waals surface area contributed by atoms with Crippen LogP contribution in [0.15, 0.2) is 0 Å². The number of thioether (sulfide) groups is 2.